The Bertz CT molecular complexity index is 655. The number of alkyl halides is 3. The van der Waals surface area contributed by atoms with Crippen LogP contribution in [0.5, 0.6) is 0 Å². The molecule has 0 aromatic heterocycles. The number of hydrogen-bond donors (Lipinski definition) is 0. The van der Waals surface area contributed by atoms with E-state index in [0.29, 0.717) is 13.0 Å². The van der Waals surface area contributed by atoms with Crippen LogP contribution in [0.15, 0.2) is 34.5 Å². The van der Waals surface area contributed by atoms with E-state index in [9.17, 15) is 18.0 Å². The van der Waals surface area contributed by atoms with Gasteiger partial charge in [-0.05, 0) is 25.5 Å². The Morgan fingerprint density at radius 1 is 1.30 bits per heavy atom. The molecule has 0 N–H and O–H groups in total. The molecule has 0 fully saturated rings. The summed E-state index contributed by atoms with van der Waals surface area (Å²) in [5.74, 6) is -0.391. The van der Waals surface area contributed by atoms with Crippen molar-refractivity contribution in [2.45, 2.75) is 38.1 Å². The van der Waals surface area contributed by atoms with Gasteiger partial charge in [0, 0.05) is 17.7 Å². The molecule has 23 heavy (non-hydrogen) atoms. The molecule has 8 heteroatoms. The molecule has 0 aliphatic carbocycles. The van der Waals surface area contributed by atoms with E-state index >= 15 is 0 Å². The molecule has 0 spiro atoms. The minimum absolute atomic E-state index is 0.128. The maximum atomic E-state index is 12.9. The average molecular weight is 324 g/mol. The number of carbonyl (C=O) groups is 1. The molecule has 1 aliphatic heterocycles. The molecule has 1 atom stereocenters. The standard InChI is InChI=1S/C15H15F3N4O/c1-3-12(9-19)22(4-2)13(23)10-5-7-11(8-6-10)14(20-21-14)15(16,17)18/h5-8,12H,3-4H2,1-2H3. The largest absolute Gasteiger partial charge is 0.442 e. The molecular weight excluding hydrogens is 309 g/mol. The zero-order valence-electron chi connectivity index (χ0n) is 12.6. The van der Waals surface area contributed by atoms with Crippen molar-refractivity contribution in [1.29, 1.82) is 5.26 Å². The Balaban J connectivity index is 2.23. The molecule has 0 saturated carbocycles. The van der Waals surface area contributed by atoms with Gasteiger partial charge in [0.2, 0.25) is 0 Å². The molecule has 1 heterocycles. The Morgan fingerprint density at radius 3 is 2.22 bits per heavy atom. The van der Waals surface area contributed by atoms with Crippen LogP contribution in [0.2, 0.25) is 0 Å². The van der Waals surface area contributed by atoms with E-state index in [0.717, 1.165) is 0 Å². The van der Waals surface area contributed by atoms with E-state index in [-0.39, 0.29) is 11.1 Å². The maximum absolute atomic E-state index is 12.9. The van der Waals surface area contributed by atoms with Gasteiger partial charge in [-0.25, -0.2) is 0 Å². The third kappa shape index (κ3) is 2.91. The summed E-state index contributed by atoms with van der Waals surface area (Å²) in [7, 11) is 0. The first kappa shape index (κ1) is 16.9. The first-order valence-corrected chi connectivity index (χ1v) is 7.12. The minimum atomic E-state index is -4.60. The summed E-state index contributed by atoms with van der Waals surface area (Å²) in [4.78, 5) is 13.8. The number of benzene rings is 1. The van der Waals surface area contributed by atoms with Crippen LogP contribution in [0.3, 0.4) is 0 Å². The zero-order chi connectivity index (χ0) is 17.3. The highest BCUT2D eigenvalue weighted by atomic mass is 19.4. The first-order valence-electron chi connectivity index (χ1n) is 7.12. The van der Waals surface area contributed by atoms with Crippen LogP contribution in [0.1, 0.15) is 36.2 Å². The third-order valence-corrected chi connectivity index (χ3v) is 3.74. The van der Waals surface area contributed by atoms with Crippen molar-refractivity contribution in [3.8, 4) is 6.07 Å². The van der Waals surface area contributed by atoms with Crippen LogP contribution in [-0.4, -0.2) is 29.6 Å². The smallest absolute Gasteiger partial charge is 0.323 e. The summed E-state index contributed by atoms with van der Waals surface area (Å²) in [6.45, 7) is 3.87. The van der Waals surface area contributed by atoms with Crippen molar-refractivity contribution < 1.29 is 18.0 Å². The lowest BCUT2D eigenvalue weighted by Crippen LogP contribution is -2.39. The van der Waals surface area contributed by atoms with Crippen molar-refractivity contribution in [1.82, 2.24) is 4.90 Å². The van der Waals surface area contributed by atoms with Gasteiger partial charge < -0.3 is 4.90 Å². The lowest BCUT2D eigenvalue weighted by atomic mass is 10.0. The van der Waals surface area contributed by atoms with Gasteiger partial charge in [-0.2, -0.15) is 18.4 Å². The van der Waals surface area contributed by atoms with E-state index in [1.54, 1.807) is 13.8 Å². The number of hydrogen-bond acceptors (Lipinski definition) is 4. The van der Waals surface area contributed by atoms with Gasteiger partial charge in [0.1, 0.15) is 6.04 Å². The van der Waals surface area contributed by atoms with Gasteiger partial charge in [-0.3, -0.25) is 4.79 Å². The third-order valence-electron chi connectivity index (χ3n) is 3.74. The molecule has 1 aromatic rings. The van der Waals surface area contributed by atoms with E-state index in [1.165, 1.54) is 29.2 Å². The molecule has 1 unspecified atom stereocenters. The van der Waals surface area contributed by atoms with Gasteiger partial charge >= 0.3 is 11.8 Å². The quantitative estimate of drug-likeness (QED) is 0.830. The van der Waals surface area contributed by atoms with Crippen LogP contribution in [0.25, 0.3) is 0 Å². The number of carbonyl (C=O) groups excluding carboxylic acids is 1. The van der Waals surface area contributed by atoms with Crippen LogP contribution in [-0.2, 0) is 5.66 Å². The van der Waals surface area contributed by atoms with Gasteiger partial charge in [-0.1, -0.05) is 19.1 Å². The molecular formula is C15H15F3N4O. The molecule has 0 radical (unpaired) electrons. The predicted molar refractivity (Wildman–Crippen MR) is 75.4 cm³/mol. The van der Waals surface area contributed by atoms with Crippen LogP contribution in [0, 0.1) is 11.3 Å². The van der Waals surface area contributed by atoms with Crippen LogP contribution >= 0.6 is 0 Å². The summed E-state index contributed by atoms with van der Waals surface area (Å²) in [6.07, 6.45) is -4.12. The van der Waals surface area contributed by atoms with E-state index in [2.05, 4.69) is 10.2 Å². The van der Waals surface area contributed by atoms with Gasteiger partial charge in [0.05, 0.1) is 6.07 Å². The van der Waals surface area contributed by atoms with Crippen molar-refractivity contribution in [2.24, 2.45) is 10.2 Å². The highest BCUT2D eigenvalue weighted by Crippen LogP contribution is 2.52. The monoisotopic (exact) mass is 324 g/mol. The normalized spacial score (nSPS) is 16.5. The average Bonchev–Trinajstić information content (AvgIpc) is 3.33. The first-order chi connectivity index (χ1) is 10.8. The number of nitriles is 1. The van der Waals surface area contributed by atoms with Gasteiger partial charge in [-0.15, -0.1) is 10.2 Å². The van der Waals surface area contributed by atoms with E-state index < -0.39 is 23.8 Å². The Kier molecular flexibility index (Phi) is 4.41. The second-order valence-corrected chi connectivity index (χ2v) is 5.09. The Morgan fingerprint density at radius 2 is 1.87 bits per heavy atom. The van der Waals surface area contributed by atoms with Crippen molar-refractivity contribution in [3.63, 3.8) is 0 Å². The summed E-state index contributed by atoms with van der Waals surface area (Å²) < 4.78 is 38.8. The van der Waals surface area contributed by atoms with Gasteiger partial charge in [0.25, 0.3) is 5.91 Å². The summed E-state index contributed by atoms with van der Waals surface area (Å²) in [5, 5.41) is 15.3. The van der Waals surface area contributed by atoms with Crippen molar-refractivity contribution >= 4 is 5.91 Å². The molecule has 0 bridgehead atoms. The Labute approximate surface area is 131 Å². The zero-order valence-corrected chi connectivity index (χ0v) is 12.6. The number of nitrogens with zero attached hydrogens (tertiary/aromatic N) is 4. The second kappa shape index (κ2) is 5.99. The summed E-state index contributed by atoms with van der Waals surface area (Å²) in [5.41, 5.74) is -2.39. The van der Waals surface area contributed by atoms with Gasteiger partial charge in [0.15, 0.2) is 0 Å². The molecule has 122 valence electrons. The van der Waals surface area contributed by atoms with E-state index in [4.69, 9.17) is 5.26 Å². The fraction of sp³-hybridized carbons (Fsp3) is 0.467. The molecule has 2 rings (SSSR count). The number of rotatable bonds is 5. The van der Waals surface area contributed by atoms with Crippen LogP contribution in [0.4, 0.5) is 13.2 Å². The fourth-order valence-corrected chi connectivity index (χ4v) is 2.34. The highest BCUT2D eigenvalue weighted by molar-refractivity contribution is 5.94. The molecule has 1 amide bonds. The lowest BCUT2D eigenvalue weighted by molar-refractivity contribution is -0.166. The number of halogens is 3. The molecule has 1 aliphatic rings. The second-order valence-electron chi connectivity index (χ2n) is 5.09. The predicted octanol–water partition coefficient (Wildman–Crippen LogP) is 3.63. The summed E-state index contributed by atoms with van der Waals surface area (Å²) >= 11 is 0. The lowest BCUT2D eigenvalue weighted by Gasteiger charge is -2.25. The number of amides is 1. The SMILES string of the molecule is CCC(C#N)N(CC)C(=O)c1ccc(C2(C(F)(F)F)N=N2)cc1. The topological polar surface area (TPSA) is 68.8 Å². The van der Waals surface area contributed by atoms with Crippen LogP contribution < -0.4 is 0 Å². The van der Waals surface area contributed by atoms with Crippen molar-refractivity contribution in [3.05, 3.63) is 35.4 Å². The fourth-order valence-electron chi connectivity index (χ4n) is 2.34. The maximum Gasteiger partial charge on any atom is 0.442 e. The molecule has 1 aromatic carbocycles. The highest BCUT2D eigenvalue weighted by Gasteiger charge is 2.65. The molecule has 0 saturated heterocycles. The van der Waals surface area contributed by atoms with E-state index in [1.807, 2.05) is 6.07 Å². The summed E-state index contributed by atoms with van der Waals surface area (Å²) in [6, 6.07) is 6.48. The molecule has 5 nitrogen and oxygen atoms in total. The Hall–Kier alpha value is -2.43. The minimum Gasteiger partial charge on any atom is -0.323 e. The van der Waals surface area contributed by atoms with Crippen molar-refractivity contribution in [2.75, 3.05) is 6.54 Å².